The summed E-state index contributed by atoms with van der Waals surface area (Å²) >= 11 is 0. The topological polar surface area (TPSA) is 35.6 Å². The van der Waals surface area contributed by atoms with Crippen LogP contribution in [0.3, 0.4) is 0 Å². The first-order chi connectivity index (χ1) is 11.4. The number of carbonyl (C=O) groups excluding carboxylic acids is 1. The fraction of sp³-hybridized carbons (Fsp3) is 0.562. The normalized spacial score (nSPS) is 21.9. The predicted octanol–water partition coefficient (Wildman–Crippen LogP) is 2.39. The third kappa shape index (κ3) is 4.43. The van der Waals surface area contributed by atoms with Crippen molar-refractivity contribution >= 4 is 18.3 Å². The van der Waals surface area contributed by atoms with Gasteiger partial charge < -0.3 is 10.2 Å². The molecule has 1 unspecified atom stereocenters. The zero-order chi connectivity index (χ0) is 17.3. The minimum Gasteiger partial charge on any atom is -0.336 e. The van der Waals surface area contributed by atoms with Crippen molar-refractivity contribution in [3.8, 4) is 0 Å². The summed E-state index contributed by atoms with van der Waals surface area (Å²) in [6, 6.07) is 2.88. The van der Waals surface area contributed by atoms with Gasteiger partial charge in [-0.1, -0.05) is 0 Å². The van der Waals surface area contributed by atoms with Crippen LogP contribution in [-0.2, 0) is 6.18 Å². The second kappa shape index (κ2) is 7.88. The molecule has 1 atom stereocenters. The number of hydrogen-bond acceptors (Lipinski definition) is 3. The highest BCUT2D eigenvalue weighted by Gasteiger charge is 2.35. The van der Waals surface area contributed by atoms with E-state index in [0.717, 1.165) is 25.6 Å². The van der Waals surface area contributed by atoms with E-state index in [4.69, 9.17) is 0 Å². The van der Waals surface area contributed by atoms with Crippen LogP contribution in [0.2, 0.25) is 0 Å². The Morgan fingerprint density at radius 1 is 1.16 bits per heavy atom. The molecular formula is C16H20ClF4N3O. The van der Waals surface area contributed by atoms with Crippen molar-refractivity contribution in [2.75, 3.05) is 39.3 Å². The van der Waals surface area contributed by atoms with Crippen molar-refractivity contribution in [2.45, 2.75) is 18.6 Å². The number of halogens is 5. The Balaban J connectivity index is 0.00000225. The summed E-state index contributed by atoms with van der Waals surface area (Å²) in [5, 5.41) is 3.29. The molecule has 1 aromatic carbocycles. The Kier molecular flexibility index (Phi) is 6.29. The first-order valence-corrected chi connectivity index (χ1v) is 7.97. The van der Waals surface area contributed by atoms with Crippen molar-refractivity contribution in [1.82, 2.24) is 15.1 Å². The summed E-state index contributed by atoms with van der Waals surface area (Å²) in [4.78, 5) is 16.3. The van der Waals surface area contributed by atoms with E-state index in [9.17, 15) is 22.4 Å². The standard InChI is InChI=1S/C16H19F4N3O.ClH/c17-14-2-1-11(9-13(14)16(18,19)20)15(24)23-7-5-22(6-8-23)12-3-4-21-10-12;/h1-2,9,12,21H,3-8,10H2;1H. The van der Waals surface area contributed by atoms with Crippen LogP contribution in [0.15, 0.2) is 18.2 Å². The van der Waals surface area contributed by atoms with E-state index < -0.39 is 23.5 Å². The number of amides is 1. The van der Waals surface area contributed by atoms with E-state index in [0.29, 0.717) is 44.4 Å². The van der Waals surface area contributed by atoms with Gasteiger partial charge in [-0.15, -0.1) is 12.4 Å². The van der Waals surface area contributed by atoms with Gasteiger partial charge in [-0.25, -0.2) is 4.39 Å². The molecule has 0 aliphatic carbocycles. The Hall–Kier alpha value is -1.38. The molecule has 2 aliphatic heterocycles. The third-order valence-electron chi connectivity index (χ3n) is 4.67. The Morgan fingerprint density at radius 2 is 1.84 bits per heavy atom. The maximum atomic E-state index is 13.3. The lowest BCUT2D eigenvalue weighted by molar-refractivity contribution is -0.140. The van der Waals surface area contributed by atoms with Gasteiger partial charge in [0.15, 0.2) is 0 Å². The van der Waals surface area contributed by atoms with Gasteiger partial charge >= 0.3 is 6.18 Å². The first kappa shape index (κ1) is 19.9. The van der Waals surface area contributed by atoms with Gasteiger partial charge in [0.1, 0.15) is 5.82 Å². The van der Waals surface area contributed by atoms with E-state index in [1.165, 1.54) is 4.90 Å². The van der Waals surface area contributed by atoms with Gasteiger partial charge in [-0.3, -0.25) is 9.69 Å². The summed E-state index contributed by atoms with van der Waals surface area (Å²) in [5.41, 5.74) is -1.52. The lowest BCUT2D eigenvalue weighted by Gasteiger charge is -2.37. The van der Waals surface area contributed by atoms with Crippen LogP contribution in [0.4, 0.5) is 17.6 Å². The molecule has 0 spiro atoms. The highest BCUT2D eigenvalue weighted by atomic mass is 35.5. The van der Waals surface area contributed by atoms with E-state index in [1.807, 2.05) is 0 Å². The quantitative estimate of drug-likeness (QED) is 0.799. The Morgan fingerprint density at radius 3 is 2.40 bits per heavy atom. The fourth-order valence-corrected chi connectivity index (χ4v) is 3.30. The zero-order valence-corrected chi connectivity index (χ0v) is 14.3. The average Bonchev–Trinajstić information content (AvgIpc) is 3.08. The first-order valence-electron chi connectivity index (χ1n) is 7.97. The molecule has 4 nitrogen and oxygen atoms in total. The van der Waals surface area contributed by atoms with Gasteiger partial charge in [0.25, 0.3) is 5.91 Å². The average molecular weight is 382 g/mol. The number of nitrogens with one attached hydrogen (secondary N) is 1. The largest absolute Gasteiger partial charge is 0.419 e. The molecule has 1 aromatic rings. The number of nitrogens with zero attached hydrogens (tertiary/aromatic N) is 2. The second-order valence-corrected chi connectivity index (χ2v) is 6.17. The molecule has 0 radical (unpaired) electrons. The van der Waals surface area contributed by atoms with E-state index in [2.05, 4.69) is 10.2 Å². The second-order valence-electron chi connectivity index (χ2n) is 6.17. The van der Waals surface area contributed by atoms with Crippen LogP contribution >= 0.6 is 12.4 Å². The number of piperazine rings is 1. The molecule has 2 aliphatic rings. The molecule has 0 bridgehead atoms. The van der Waals surface area contributed by atoms with Crippen molar-refractivity contribution < 1.29 is 22.4 Å². The van der Waals surface area contributed by atoms with Gasteiger partial charge in [0, 0.05) is 44.3 Å². The maximum Gasteiger partial charge on any atom is 0.419 e. The summed E-state index contributed by atoms with van der Waals surface area (Å²) in [6.07, 6.45) is -3.74. The van der Waals surface area contributed by atoms with E-state index >= 15 is 0 Å². The molecular weight excluding hydrogens is 362 g/mol. The van der Waals surface area contributed by atoms with Crippen LogP contribution in [0, 0.1) is 5.82 Å². The summed E-state index contributed by atoms with van der Waals surface area (Å²) in [5.74, 6) is -1.85. The summed E-state index contributed by atoms with van der Waals surface area (Å²) in [7, 11) is 0. The van der Waals surface area contributed by atoms with E-state index in [1.54, 1.807) is 0 Å². The van der Waals surface area contributed by atoms with Crippen molar-refractivity contribution in [3.63, 3.8) is 0 Å². The van der Waals surface area contributed by atoms with Crippen molar-refractivity contribution in [2.24, 2.45) is 0 Å². The Bertz CT molecular complexity index is 612. The smallest absolute Gasteiger partial charge is 0.336 e. The third-order valence-corrected chi connectivity index (χ3v) is 4.67. The highest BCUT2D eigenvalue weighted by Crippen LogP contribution is 2.32. The fourth-order valence-electron chi connectivity index (χ4n) is 3.30. The molecule has 0 aromatic heterocycles. The van der Waals surface area contributed by atoms with Crippen LogP contribution in [0.1, 0.15) is 22.3 Å². The molecule has 1 N–H and O–H groups in total. The maximum absolute atomic E-state index is 13.3. The molecule has 140 valence electrons. The molecule has 1 amide bonds. The van der Waals surface area contributed by atoms with Gasteiger partial charge in [-0.05, 0) is 31.2 Å². The van der Waals surface area contributed by atoms with Crippen molar-refractivity contribution in [3.05, 3.63) is 35.1 Å². The minimum absolute atomic E-state index is 0. The van der Waals surface area contributed by atoms with E-state index in [-0.39, 0.29) is 18.0 Å². The highest BCUT2D eigenvalue weighted by molar-refractivity contribution is 5.94. The van der Waals surface area contributed by atoms with Gasteiger partial charge in [-0.2, -0.15) is 13.2 Å². The monoisotopic (exact) mass is 381 g/mol. The van der Waals surface area contributed by atoms with Crippen LogP contribution < -0.4 is 5.32 Å². The van der Waals surface area contributed by atoms with Gasteiger partial charge in [0.2, 0.25) is 0 Å². The molecule has 9 heteroatoms. The number of alkyl halides is 3. The Labute approximate surface area is 149 Å². The number of rotatable bonds is 2. The molecule has 2 saturated heterocycles. The lowest BCUT2D eigenvalue weighted by Crippen LogP contribution is -2.52. The van der Waals surface area contributed by atoms with Crippen LogP contribution in [-0.4, -0.2) is 61.0 Å². The molecule has 2 heterocycles. The molecule has 2 fully saturated rings. The van der Waals surface area contributed by atoms with Crippen LogP contribution in [0.5, 0.6) is 0 Å². The zero-order valence-electron chi connectivity index (χ0n) is 13.5. The number of benzene rings is 1. The minimum atomic E-state index is -4.81. The van der Waals surface area contributed by atoms with Crippen molar-refractivity contribution in [1.29, 1.82) is 0 Å². The summed E-state index contributed by atoms with van der Waals surface area (Å²) < 4.78 is 51.7. The number of carbonyl (C=O) groups is 1. The molecule has 3 rings (SSSR count). The predicted molar refractivity (Wildman–Crippen MR) is 87.4 cm³/mol. The molecule has 25 heavy (non-hydrogen) atoms. The SMILES string of the molecule is Cl.O=C(c1ccc(F)c(C(F)(F)F)c1)N1CCN(C2CCNC2)CC1. The molecule has 0 saturated carbocycles. The number of hydrogen-bond donors (Lipinski definition) is 1. The lowest BCUT2D eigenvalue weighted by atomic mass is 10.1. The van der Waals surface area contributed by atoms with Crippen LogP contribution in [0.25, 0.3) is 0 Å². The van der Waals surface area contributed by atoms with Gasteiger partial charge in [0.05, 0.1) is 5.56 Å². The summed E-state index contributed by atoms with van der Waals surface area (Å²) in [6.45, 7) is 4.25.